The third kappa shape index (κ3) is 41.0. The van der Waals surface area contributed by atoms with Crippen molar-refractivity contribution in [3.05, 3.63) is 162 Å². The number of hydrogen-bond donors (Lipinski definition) is 0. The first kappa shape index (κ1) is 86.8. The lowest BCUT2D eigenvalue weighted by molar-refractivity contribution is -0.162. The first-order chi connectivity index (χ1) is 45.9. The predicted molar refractivity (Wildman–Crippen MR) is 408 cm³/mol. The number of para-hydroxylation sites is 1. The molecule has 0 fully saturated rings. The molecule has 0 bridgehead atoms. The molecule has 0 radical (unpaired) electrons. The van der Waals surface area contributed by atoms with Crippen LogP contribution in [0, 0.1) is 71.0 Å². The SMILES string of the molecule is CC(C)CN(CC(C)C)c1ccccc1.CC(C)COC(=O)C1CC=CCC1C(=O)OCC(C)C.CC(C)COCCCCOCC(C)C.CC(C)COc1ccc(C(C)(C)c2ccc(OCC(C)C)cc2)cc1.CC(C)COc1ccc(Cc2ccc(OCC(C)C)cc2)cc1. The molecule has 11 heteroatoms. The van der Waals surface area contributed by atoms with Gasteiger partial charge in [-0.3, -0.25) is 9.59 Å². The van der Waals surface area contributed by atoms with Gasteiger partial charge in [-0.2, -0.15) is 0 Å². The number of nitrogens with zero attached hydrogens (tertiary/aromatic N) is 1. The van der Waals surface area contributed by atoms with Crippen molar-refractivity contribution in [1.29, 1.82) is 0 Å². The summed E-state index contributed by atoms with van der Waals surface area (Å²) in [6.07, 6.45) is 8.14. The highest BCUT2D eigenvalue weighted by atomic mass is 16.5. The molecule has 0 saturated carbocycles. The zero-order valence-corrected chi connectivity index (χ0v) is 64.8. The Morgan fingerprint density at radius 2 is 0.660 bits per heavy atom. The van der Waals surface area contributed by atoms with E-state index in [0.29, 0.717) is 85.2 Å². The van der Waals surface area contributed by atoms with E-state index in [1.807, 2.05) is 39.8 Å². The molecule has 1 aliphatic carbocycles. The Kier molecular flexibility index (Phi) is 44.1. The molecular formula is C86H135NO10. The van der Waals surface area contributed by atoms with E-state index in [2.05, 4.69) is 257 Å². The van der Waals surface area contributed by atoms with Crippen LogP contribution in [-0.4, -0.2) is 91.1 Å². The maximum atomic E-state index is 12.1. The summed E-state index contributed by atoms with van der Waals surface area (Å²) in [6, 6.07) is 44.4. The van der Waals surface area contributed by atoms with Crippen molar-refractivity contribution in [2.75, 3.05) is 84.1 Å². The number of allylic oxidation sites excluding steroid dienone is 2. The summed E-state index contributed by atoms with van der Waals surface area (Å²) in [5, 5.41) is 0. The standard InChI is InChI=1S/C23H32O2.C21H28O2.C16H26O4.C14H23N.C12H26O2/c1-17(2)15-24-21-11-7-19(8-12-21)23(5,6)20-9-13-22(14-10-20)25-16-18(3)4;1-16(2)14-22-20-9-5-18(6-10-20)13-19-7-11-21(12-8-19)23-15-17(3)4;1-11(2)9-19-15(17)13-7-5-6-8-14(13)16(18)20-10-12(3)4;1-12(2)10-15(11-13(3)4)14-8-6-5-7-9-14;1-11(2)9-13-7-5-6-8-14-10-12(3)4/h7-14,17-18H,15-16H2,1-6H3;5-12,16-17H,13-15H2,1-4H3;5-6,11-14H,7-10H2,1-4H3;5-9,12-13H,10-11H2,1-4H3;11-12H,5-10H2,1-4H3. The van der Waals surface area contributed by atoms with E-state index in [1.165, 1.54) is 27.9 Å². The van der Waals surface area contributed by atoms with E-state index in [4.69, 9.17) is 37.9 Å². The van der Waals surface area contributed by atoms with Crippen molar-refractivity contribution in [2.24, 2.45) is 71.0 Å². The van der Waals surface area contributed by atoms with Crippen LogP contribution < -0.4 is 23.8 Å². The molecule has 0 spiro atoms. The normalized spacial score (nSPS) is 13.6. The molecule has 544 valence electrons. The summed E-state index contributed by atoms with van der Waals surface area (Å²) in [5.74, 6) is 7.86. The van der Waals surface area contributed by atoms with E-state index >= 15 is 0 Å². The largest absolute Gasteiger partial charge is 0.493 e. The van der Waals surface area contributed by atoms with Crippen LogP contribution in [0.3, 0.4) is 0 Å². The third-order valence-corrected chi connectivity index (χ3v) is 14.9. The number of unbranched alkanes of at least 4 members (excludes halogenated alkanes) is 1. The van der Waals surface area contributed by atoms with Gasteiger partial charge in [0.05, 0.1) is 51.5 Å². The van der Waals surface area contributed by atoms with Gasteiger partial charge in [0.15, 0.2) is 0 Å². The van der Waals surface area contributed by atoms with Crippen LogP contribution in [-0.2, 0) is 40.4 Å². The lowest BCUT2D eigenvalue weighted by atomic mass is 9.78. The highest BCUT2D eigenvalue weighted by molar-refractivity contribution is 5.82. The maximum absolute atomic E-state index is 12.1. The van der Waals surface area contributed by atoms with Crippen molar-refractivity contribution in [1.82, 2.24) is 0 Å². The Hall–Kier alpha value is -6.30. The van der Waals surface area contributed by atoms with Crippen LogP contribution in [0.4, 0.5) is 5.69 Å². The average molecular weight is 1340 g/mol. The molecule has 0 N–H and O–H groups in total. The Balaban J connectivity index is 0.000000420. The Morgan fingerprint density at radius 3 is 0.938 bits per heavy atom. The second kappa shape index (κ2) is 49.3. The lowest BCUT2D eigenvalue weighted by Crippen LogP contribution is -2.34. The fraction of sp³-hybridized carbons (Fsp3) is 0.605. The highest BCUT2D eigenvalue weighted by Gasteiger charge is 2.36. The monoisotopic (exact) mass is 1340 g/mol. The molecule has 5 aromatic rings. The second-order valence-electron chi connectivity index (χ2n) is 30.8. The van der Waals surface area contributed by atoms with Crippen molar-refractivity contribution in [3.8, 4) is 23.0 Å². The molecule has 97 heavy (non-hydrogen) atoms. The Labute approximate surface area is 591 Å². The molecule has 2 unspecified atom stereocenters. The zero-order valence-electron chi connectivity index (χ0n) is 64.8. The molecule has 5 aromatic carbocycles. The topological polar surface area (TPSA) is 111 Å². The van der Waals surface area contributed by atoms with Crippen LogP contribution in [0.25, 0.3) is 0 Å². The summed E-state index contributed by atoms with van der Waals surface area (Å²) in [6.45, 7) is 57.1. The van der Waals surface area contributed by atoms with E-state index in [1.54, 1.807) is 0 Å². The first-order valence-electron chi connectivity index (χ1n) is 36.8. The van der Waals surface area contributed by atoms with Gasteiger partial charge in [0.1, 0.15) is 23.0 Å². The van der Waals surface area contributed by atoms with Gasteiger partial charge in [0.25, 0.3) is 0 Å². The fourth-order valence-electron chi connectivity index (χ4n) is 9.70. The van der Waals surface area contributed by atoms with Gasteiger partial charge in [0, 0.05) is 50.6 Å². The van der Waals surface area contributed by atoms with Crippen LogP contribution in [0.1, 0.15) is 200 Å². The van der Waals surface area contributed by atoms with Crippen molar-refractivity contribution in [2.45, 2.75) is 190 Å². The lowest BCUT2D eigenvalue weighted by Gasteiger charge is -2.28. The molecule has 0 heterocycles. The van der Waals surface area contributed by atoms with Gasteiger partial charge in [-0.25, -0.2) is 0 Å². The van der Waals surface area contributed by atoms with Crippen LogP contribution in [0.15, 0.2) is 140 Å². The minimum absolute atomic E-state index is 0.0623. The van der Waals surface area contributed by atoms with Crippen molar-refractivity contribution in [3.63, 3.8) is 0 Å². The molecule has 0 aromatic heterocycles. The van der Waals surface area contributed by atoms with E-state index in [0.717, 1.165) is 108 Å². The summed E-state index contributed by atoms with van der Waals surface area (Å²) in [5.41, 5.74) is 6.42. The van der Waals surface area contributed by atoms with Crippen LogP contribution in [0.2, 0.25) is 0 Å². The minimum atomic E-state index is -0.404. The first-order valence-corrected chi connectivity index (χ1v) is 36.8. The minimum Gasteiger partial charge on any atom is -0.493 e. The second-order valence-corrected chi connectivity index (χ2v) is 30.8. The molecule has 0 amide bonds. The molecule has 0 aliphatic heterocycles. The number of hydrogen-bond acceptors (Lipinski definition) is 11. The van der Waals surface area contributed by atoms with Gasteiger partial charge < -0.3 is 42.8 Å². The summed E-state index contributed by atoms with van der Waals surface area (Å²) < 4.78 is 44.5. The highest BCUT2D eigenvalue weighted by Crippen LogP contribution is 2.34. The quantitative estimate of drug-likeness (QED) is 0.0217. The number of carbonyl (C=O) groups is 2. The maximum Gasteiger partial charge on any atom is 0.310 e. The molecule has 0 saturated heterocycles. The summed E-state index contributed by atoms with van der Waals surface area (Å²) in [7, 11) is 0. The number of ether oxygens (including phenoxy) is 8. The molecular weight excluding hydrogens is 1210 g/mol. The van der Waals surface area contributed by atoms with E-state index in [-0.39, 0.29) is 17.4 Å². The number of rotatable bonds is 36. The van der Waals surface area contributed by atoms with Gasteiger partial charge in [-0.05, 0) is 174 Å². The van der Waals surface area contributed by atoms with Gasteiger partial charge in [0.2, 0.25) is 0 Å². The van der Waals surface area contributed by atoms with Crippen molar-refractivity contribution >= 4 is 17.6 Å². The van der Waals surface area contributed by atoms with Crippen LogP contribution in [0.5, 0.6) is 23.0 Å². The fourth-order valence-corrected chi connectivity index (χ4v) is 9.70. The van der Waals surface area contributed by atoms with Gasteiger partial charge >= 0.3 is 11.9 Å². The summed E-state index contributed by atoms with van der Waals surface area (Å²) >= 11 is 0. The average Bonchev–Trinajstić information content (AvgIpc) is 0.832. The molecule has 2 atom stereocenters. The van der Waals surface area contributed by atoms with E-state index < -0.39 is 11.8 Å². The molecule has 6 rings (SSSR count). The number of anilines is 1. The number of esters is 2. The van der Waals surface area contributed by atoms with Gasteiger partial charge in [-0.15, -0.1) is 0 Å². The predicted octanol–water partition coefficient (Wildman–Crippen LogP) is 21.3. The molecule has 11 nitrogen and oxygen atoms in total. The third-order valence-electron chi connectivity index (χ3n) is 14.9. The summed E-state index contributed by atoms with van der Waals surface area (Å²) in [4.78, 5) is 26.7. The number of carbonyl (C=O) groups excluding carboxylic acids is 2. The molecule has 1 aliphatic rings. The van der Waals surface area contributed by atoms with Crippen LogP contribution >= 0.6 is 0 Å². The Morgan fingerprint density at radius 1 is 0.371 bits per heavy atom. The van der Waals surface area contributed by atoms with Crippen molar-refractivity contribution < 1.29 is 47.5 Å². The smallest absolute Gasteiger partial charge is 0.310 e. The number of benzene rings is 5. The van der Waals surface area contributed by atoms with Gasteiger partial charge in [-0.1, -0.05) is 231 Å². The van der Waals surface area contributed by atoms with E-state index in [9.17, 15) is 9.59 Å². The zero-order chi connectivity index (χ0) is 72.3. The Bertz CT molecular complexity index is 2610.